The number of rotatable bonds is 10. The van der Waals surface area contributed by atoms with Crippen LogP contribution in [0.2, 0.25) is 0 Å². The Balaban J connectivity index is -0.00000145. The minimum absolute atomic E-state index is 0.0170. The fourth-order valence-electron chi connectivity index (χ4n) is 4.09. The van der Waals surface area contributed by atoms with Gasteiger partial charge in [-0.15, -0.1) is 49.9 Å². The Kier molecular flexibility index (Phi) is 29.4. The summed E-state index contributed by atoms with van der Waals surface area (Å²) in [6, 6.07) is 3.31. The Labute approximate surface area is 298 Å². The topological polar surface area (TPSA) is 75.6 Å². The summed E-state index contributed by atoms with van der Waals surface area (Å²) in [4.78, 5) is 18.4. The molecular weight excluding hydrogens is 642 g/mol. The SMILES string of the molecule is C#C.C#C.C#C.CC.CC.CCC.CCC(CC)CCNc1nc(NCc2cc(F)c(F)cc2F)nc(C)c1-c1nc2c(C)nccc2s1. The quantitative estimate of drug-likeness (QED) is 0.127. The Hall–Kier alpha value is -4.59. The molecule has 49 heavy (non-hydrogen) atoms. The number of halogens is 3. The van der Waals surface area contributed by atoms with E-state index in [1.807, 2.05) is 47.6 Å². The molecule has 0 atom stereocenters. The van der Waals surface area contributed by atoms with Crippen LogP contribution in [0.3, 0.4) is 0 Å². The molecule has 0 saturated heterocycles. The predicted octanol–water partition coefficient (Wildman–Crippen LogP) is 11.2. The van der Waals surface area contributed by atoms with E-state index in [1.165, 1.54) is 6.42 Å². The van der Waals surface area contributed by atoms with Gasteiger partial charge in [0.1, 0.15) is 22.2 Å². The minimum Gasteiger partial charge on any atom is -0.369 e. The Morgan fingerprint density at radius 1 is 0.755 bits per heavy atom. The third kappa shape index (κ3) is 15.9. The number of terminal acetylenes is 3. The second-order valence-electron chi connectivity index (χ2n) is 9.43. The van der Waals surface area contributed by atoms with Crippen LogP contribution in [0, 0.1) is 75.8 Å². The molecule has 0 saturated carbocycles. The highest BCUT2D eigenvalue weighted by Crippen LogP contribution is 2.36. The Morgan fingerprint density at radius 3 is 1.84 bits per heavy atom. The summed E-state index contributed by atoms with van der Waals surface area (Å²) >= 11 is 1.54. The maximum absolute atomic E-state index is 14.1. The van der Waals surface area contributed by atoms with Crippen molar-refractivity contribution in [3.63, 3.8) is 0 Å². The molecule has 2 N–H and O–H groups in total. The van der Waals surface area contributed by atoms with Gasteiger partial charge in [0.25, 0.3) is 0 Å². The number of aromatic nitrogens is 4. The van der Waals surface area contributed by atoms with Crippen molar-refractivity contribution in [1.29, 1.82) is 0 Å². The van der Waals surface area contributed by atoms with Crippen molar-refractivity contribution in [3.05, 3.63) is 58.8 Å². The van der Waals surface area contributed by atoms with Crippen LogP contribution in [0.1, 0.15) is 98.0 Å². The molecule has 4 rings (SSSR count). The maximum atomic E-state index is 14.1. The molecule has 0 amide bonds. The van der Waals surface area contributed by atoms with Crippen molar-refractivity contribution in [2.24, 2.45) is 5.92 Å². The third-order valence-electron chi connectivity index (χ3n) is 6.32. The minimum atomic E-state index is -1.22. The lowest BCUT2D eigenvalue weighted by molar-refractivity contribution is 0.468. The second kappa shape index (κ2) is 29.5. The van der Waals surface area contributed by atoms with Gasteiger partial charge < -0.3 is 10.6 Å². The van der Waals surface area contributed by atoms with E-state index in [0.717, 1.165) is 58.4 Å². The number of fused-ring (bicyclic) bond motifs is 1. The molecule has 0 aliphatic carbocycles. The fourth-order valence-corrected chi connectivity index (χ4v) is 5.20. The van der Waals surface area contributed by atoms with Crippen LogP contribution in [-0.4, -0.2) is 26.5 Å². The van der Waals surface area contributed by atoms with Gasteiger partial charge in [-0.2, -0.15) is 4.98 Å². The molecule has 4 aromatic rings. The van der Waals surface area contributed by atoms with E-state index in [9.17, 15) is 13.2 Å². The molecule has 0 unspecified atom stereocenters. The van der Waals surface area contributed by atoms with E-state index in [2.05, 4.69) is 91.8 Å². The molecule has 0 fully saturated rings. The van der Waals surface area contributed by atoms with Crippen molar-refractivity contribution in [3.8, 4) is 49.1 Å². The summed E-state index contributed by atoms with van der Waals surface area (Å²) in [5, 5.41) is 7.18. The summed E-state index contributed by atoms with van der Waals surface area (Å²) in [6.45, 7) is 21.0. The van der Waals surface area contributed by atoms with E-state index in [-0.39, 0.29) is 18.1 Å². The van der Waals surface area contributed by atoms with E-state index in [1.54, 1.807) is 17.5 Å². The van der Waals surface area contributed by atoms with Gasteiger partial charge in [-0.3, -0.25) is 4.98 Å². The molecule has 10 heteroatoms. The zero-order chi connectivity index (χ0) is 38.5. The molecule has 3 aromatic heterocycles. The van der Waals surface area contributed by atoms with Crippen LogP contribution in [0.4, 0.5) is 24.9 Å². The smallest absolute Gasteiger partial charge is 0.225 e. The van der Waals surface area contributed by atoms with E-state index in [4.69, 9.17) is 4.98 Å². The van der Waals surface area contributed by atoms with Crippen LogP contribution in [-0.2, 0) is 6.54 Å². The molecule has 0 spiro atoms. The van der Waals surface area contributed by atoms with Crippen LogP contribution < -0.4 is 10.6 Å². The highest BCUT2D eigenvalue weighted by molar-refractivity contribution is 7.21. The molecule has 1 aromatic carbocycles. The van der Waals surface area contributed by atoms with Gasteiger partial charge in [-0.25, -0.2) is 23.1 Å². The number of hydrogen-bond acceptors (Lipinski definition) is 7. The normalized spacial score (nSPS) is 9.14. The zero-order valence-corrected chi connectivity index (χ0v) is 31.7. The average molecular weight is 697 g/mol. The number of hydrogen-bond donors (Lipinski definition) is 2. The van der Waals surface area contributed by atoms with Crippen LogP contribution in [0.5, 0.6) is 0 Å². The standard InChI is InChI=1S/C26H29F3N6S.C3H8.2C2H6.3C2H2/c1-5-16(6-2)7-9-31-24-22(25-34-23-15(4)30-10-8-21(23)36-25)14(3)33-26(35-24)32-13-17-11-19(28)20(29)12-18(17)27;1-3-2;5*1-2/h8,10-12,16H,5-7,9,13H2,1-4H3,(H2,31,32,33,35);3H2,1-2H3;2*1-2H3;3*1-2H. The molecule has 0 aliphatic rings. The third-order valence-corrected chi connectivity index (χ3v) is 7.36. The van der Waals surface area contributed by atoms with Crippen molar-refractivity contribution < 1.29 is 13.2 Å². The second-order valence-corrected chi connectivity index (χ2v) is 10.5. The van der Waals surface area contributed by atoms with Gasteiger partial charge >= 0.3 is 0 Å². The summed E-state index contributed by atoms with van der Waals surface area (Å²) < 4.78 is 42.0. The number of anilines is 2. The molecule has 3 heterocycles. The summed E-state index contributed by atoms with van der Waals surface area (Å²) in [5.74, 6) is -1.69. The van der Waals surface area contributed by atoms with Crippen LogP contribution in [0.15, 0.2) is 24.4 Å². The van der Waals surface area contributed by atoms with Crippen molar-refractivity contribution in [2.75, 3.05) is 17.2 Å². The van der Waals surface area contributed by atoms with Gasteiger partial charge in [0.05, 0.1) is 21.7 Å². The molecule has 0 aliphatic heterocycles. The number of benzene rings is 1. The van der Waals surface area contributed by atoms with Crippen molar-refractivity contribution in [1.82, 2.24) is 19.9 Å². The first kappa shape index (κ1) is 48.8. The lowest BCUT2D eigenvalue weighted by atomic mass is 10.00. The Bertz CT molecular complexity index is 1510. The van der Waals surface area contributed by atoms with Gasteiger partial charge in [-0.1, -0.05) is 74.7 Å². The highest BCUT2D eigenvalue weighted by atomic mass is 32.1. The van der Waals surface area contributed by atoms with Gasteiger partial charge in [-0.05, 0) is 38.3 Å². The lowest BCUT2D eigenvalue weighted by Gasteiger charge is -2.16. The Morgan fingerprint density at radius 2 is 1.31 bits per heavy atom. The van der Waals surface area contributed by atoms with E-state index in [0.29, 0.717) is 23.5 Å². The molecule has 0 radical (unpaired) electrons. The number of aryl methyl sites for hydroxylation is 2. The zero-order valence-electron chi connectivity index (χ0n) is 30.9. The number of pyridine rings is 1. The highest BCUT2D eigenvalue weighted by Gasteiger charge is 2.19. The first-order valence-electron chi connectivity index (χ1n) is 16.4. The van der Waals surface area contributed by atoms with Crippen molar-refractivity contribution >= 4 is 33.3 Å². The van der Waals surface area contributed by atoms with E-state index < -0.39 is 17.5 Å². The summed E-state index contributed by atoms with van der Waals surface area (Å²) in [5.41, 5.74) is 3.16. The first-order valence-corrected chi connectivity index (χ1v) is 17.3. The summed E-state index contributed by atoms with van der Waals surface area (Å²) in [6.07, 6.45) is 30.2. The molecule has 268 valence electrons. The largest absolute Gasteiger partial charge is 0.369 e. The average Bonchev–Trinajstić information content (AvgIpc) is 3.57. The van der Waals surface area contributed by atoms with Crippen LogP contribution in [0.25, 0.3) is 20.8 Å². The number of nitrogens with zero attached hydrogens (tertiary/aromatic N) is 4. The lowest BCUT2D eigenvalue weighted by Crippen LogP contribution is -2.13. The molecule has 0 bridgehead atoms. The fraction of sp³-hybridized carbons (Fsp3) is 0.436. The monoisotopic (exact) mass is 696 g/mol. The van der Waals surface area contributed by atoms with Gasteiger partial charge in [0, 0.05) is 30.9 Å². The molecule has 6 nitrogen and oxygen atoms in total. The van der Waals surface area contributed by atoms with Gasteiger partial charge in [0.2, 0.25) is 5.95 Å². The summed E-state index contributed by atoms with van der Waals surface area (Å²) in [7, 11) is 0. The van der Waals surface area contributed by atoms with Gasteiger partial charge in [0.15, 0.2) is 11.6 Å². The molecular formula is C39H55F3N6S. The van der Waals surface area contributed by atoms with E-state index >= 15 is 0 Å². The van der Waals surface area contributed by atoms with Crippen molar-refractivity contribution in [2.45, 2.75) is 101 Å². The predicted molar refractivity (Wildman–Crippen MR) is 207 cm³/mol. The number of thiazole rings is 1. The van der Waals surface area contributed by atoms with Crippen LogP contribution >= 0.6 is 11.3 Å². The first-order chi connectivity index (χ1) is 23.7. The maximum Gasteiger partial charge on any atom is 0.225 e. The number of nitrogens with one attached hydrogen (secondary N) is 2.